The standard InChI is InChI=1S/C11H12ClFO2/c1-3-15-10(14)11(2,13)8-4-6-9(12)7-5-8/h4-7H,3H2,1-2H3. The molecule has 0 radical (unpaired) electrons. The molecule has 1 unspecified atom stereocenters. The van der Waals surface area contributed by atoms with Gasteiger partial charge in [0, 0.05) is 10.6 Å². The van der Waals surface area contributed by atoms with Crippen molar-refractivity contribution in [1.29, 1.82) is 0 Å². The van der Waals surface area contributed by atoms with Crippen molar-refractivity contribution in [3.8, 4) is 0 Å². The second-order valence-electron chi connectivity index (χ2n) is 3.23. The number of hydrogen-bond acceptors (Lipinski definition) is 2. The molecule has 0 aliphatic carbocycles. The van der Waals surface area contributed by atoms with Crippen LogP contribution in [0.4, 0.5) is 4.39 Å². The summed E-state index contributed by atoms with van der Waals surface area (Å²) in [5.41, 5.74) is -1.88. The quantitative estimate of drug-likeness (QED) is 0.746. The molecule has 1 rings (SSSR count). The number of ether oxygens (including phenoxy) is 1. The van der Waals surface area contributed by atoms with Crippen LogP contribution < -0.4 is 0 Å². The van der Waals surface area contributed by atoms with E-state index in [1.54, 1.807) is 6.92 Å². The van der Waals surface area contributed by atoms with Crippen molar-refractivity contribution < 1.29 is 13.9 Å². The smallest absolute Gasteiger partial charge is 0.348 e. The van der Waals surface area contributed by atoms with Gasteiger partial charge < -0.3 is 4.74 Å². The highest BCUT2D eigenvalue weighted by molar-refractivity contribution is 6.30. The maximum absolute atomic E-state index is 14.0. The molecule has 0 saturated carbocycles. The Balaban J connectivity index is 2.94. The van der Waals surface area contributed by atoms with Crippen LogP contribution in [-0.4, -0.2) is 12.6 Å². The zero-order valence-electron chi connectivity index (χ0n) is 8.59. The summed E-state index contributed by atoms with van der Waals surface area (Å²) in [7, 11) is 0. The van der Waals surface area contributed by atoms with E-state index in [2.05, 4.69) is 4.74 Å². The summed E-state index contributed by atoms with van der Waals surface area (Å²) in [6.45, 7) is 2.97. The highest BCUT2D eigenvalue weighted by Crippen LogP contribution is 2.28. The van der Waals surface area contributed by atoms with Crippen LogP contribution in [-0.2, 0) is 15.2 Å². The van der Waals surface area contributed by atoms with Gasteiger partial charge in [0.15, 0.2) is 0 Å². The molecule has 1 atom stereocenters. The molecule has 0 aromatic heterocycles. The minimum Gasteiger partial charge on any atom is -0.463 e. The number of alkyl halides is 1. The third-order valence-corrected chi connectivity index (χ3v) is 2.30. The van der Waals surface area contributed by atoms with Gasteiger partial charge in [-0.1, -0.05) is 23.7 Å². The molecule has 0 fully saturated rings. The number of carbonyl (C=O) groups is 1. The van der Waals surface area contributed by atoms with Crippen molar-refractivity contribution in [2.75, 3.05) is 6.61 Å². The van der Waals surface area contributed by atoms with Gasteiger partial charge in [0.1, 0.15) is 0 Å². The van der Waals surface area contributed by atoms with Crippen LogP contribution in [0.2, 0.25) is 5.02 Å². The Morgan fingerprint density at radius 2 is 2.00 bits per heavy atom. The first kappa shape index (κ1) is 12.0. The maximum Gasteiger partial charge on any atom is 0.348 e. The van der Waals surface area contributed by atoms with Crippen LogP contribution in [0, 0.1) is 0 Å². The Kier molecular flexibility index (Phi) is 3.69. The van der Waals surface area contributed by atoms with Gasteiger partial charge in [-0.25, -0.2) is 9.18 Å². The summed E-state index contributed by atoms with van der Waals surface area (Å²) in [6, 6.07) is 6.01. The molecule has 15 heavy (non-hydrogen) atoms. The fourth-order valence-corrected chi connectivity index (χ4v) is 1.27. The Hall–Kier alpha value is -1.09. The fourth-order valence-electron chi connectivity index (χ4n) is 1.15. The number of rotatable bonds is 3. The number of esters is 1. The molecule has 1 aromatic carbocycles. The first-order chi connectivity index (χ1) is 6.98. The van der Waals surface area contributed by atoms with Crippen LogP contribution in [0.1, 0.15) is 19.4 Å². The lowest BCUT2D eigenvalue weighted by molar-refractivity contribution is -0.156. The molecule has 82 valence electrons. The normalized spacial score (nSPS) is 14.4. The first-order valence-corrected chi connectivity index (χ1v) is 4.98. The number of benzene rings is 1. The second-order valence-corrected chi connectivity index (χ2v) is 3.67. The molecule has 0 saturated heterocycles. The predicted octanol–water partition coefficient (Wildman–Crippen LogP) is 3.09. The third-order valence-electron chi connectivity index (χ3n) is 2.05. The van der Waals surface area contributed by atoms with E-state index in [1.165, 1.54) is 31.2 Å². The number of hydrogen-bond donors (Lipinski definition) is 0. The van der Waals surface area contributed by atoms with Crippen LogP contribution in [0.5, 0.6) is 0 Å². The van der Waals surface area contributed by atoms with Gasteiger partial charge in [0.25, 0.3) is 0 Å². The van der Waals surface area contributed by atoms with Gasteiger partial charge in [0.05, 0.1) is 6.61 Å². The van der Waals surface area contributed by atoms with Gasteiger partial charge in [-0.05, 0) is 26.0 Å². The summed E-state index contributed by atoms with van der Waals surface area (Å²) in [5, 5.41) is 0.499. The van der Waals surface area contributed by atoms with Gasteiger partial charge >= 0.3 is 5.97 Å². The second kappa shape index (κ2) is 4.62. The Morgan fingerprint density at radius 1 is 1.47 bits per heavy atom. The van der Waals surface area contributed by atoms with Gasteiger partial charge in [-0.15, -0.1) is 0 Å². The average Bonchev–Trinajstić information content (AvgIpc) is 2.18. The van der Waals surface area contributed by atoms with E-state index in [1.807, 2.05) is 0 Å². The molecular weight excluding hydrogens is 219 g/mol. The van der Waals surface area contributed by atoms with E-state index < -0.39 is 11.6 Å². The lowest BCUT2D eigenvalue weighted by Gasteiger charge is -2.18. The monoisotopic (exact) mass is 230 g/mol. The van der Waals surface area contributed by atoms with Crippen LogP contribution in [0.3, 0.4) is 0 Å². The Labute approximate surface area is 93.0 Å². The molecule has 2 nitrogen and oxygen atoms in total. The molecule has 0 bridgehead atoms. The Bertz CT molecular complexity index is 346. The van der Waals surface area contributed by atoms with Crippen molar-refractivity contribution in [2.24, 2.45) is 0 Å². The summed E-state index contributed by atoms with van der Waals surface area (Å²) < 4.78 is 18.7. The van der Waals surface area contributed by atoms with E-state index in [9.17, 15) is 9.18 Å². The minimum atomic E-state index is -2.12. The zero-order valence-corrected chi connectivity index (χ0v) is 9.34. The summed E-state index contributed by atoms with van der Waals surface area (Å²) in [6.07, 6.45) is 0. The van der Waals surface area contributed by atoms with Crippen LogP contribution >= 0.6 is 11.6 Å². The third kappa shape index (κ3) is 2.69. The summed E-state index contributed by atoms with van der Waals surface area (Å²) >= 11 is 5.66. The maximum atomic E-state index is 14.0. The molecule has 0 heterocycles. The SMILES string of the molecule is CCOC(=O)C(C)(F)c1ccc(Cl)cc1. The number of halogens is 2. The molecule has 0 N–H and O–H groups in total. The average molecular weight is 231 g/mol. The predicted molar refractivity (Wildman–Crippen MR) is 56.5 cm³/mol. The molecule has 0 aliphatic heterocycles. The molecule has 0 aliphatic rings. The van der Waals surface area contributed by atoms with Crippen molar-refractivity contribution in [2.45, 2.75) is 19.5 Å². The van der Waals surface area contributed by atoms with Crippen LogP contribution in [0.15, 0.2) is 24.3 Å². The van der Waals surface area contributed by atoms with E-state index in [-0.39, 0.29) is 12.2 Å². The first-order valence-electron chi connectivity index (χ1n) is 4.60. The van der Waals surface area contributed by atoms with Gasteiger partial charge in [0.2, 0.25) is 5.67 Å². The highest BCUT2D eigenvalue weighted by atomic mass is 35.5. The fraction of sp³-hybridized carbons (Fsp3) is 0.364. The highest BCUT2D eigenvalue weighted by Gasteiger charge is 2.36. The van der Waals surface area contributed by atoms with Crippen molar-refractivity contribution in [1.82, 2.24) is 0 Å². The van der Waals surface area contributed by atoms with Crippen molar-refractivity contribution >= 4 is 17.6 Å². The largest absolute Gasteiger partial charge is 0.463 e. The molecule has 4 heteroatoms. The summed E-state index contributed by atoms with van der Waals surface area (Å²) in [5.74, 6) is -0.882. The Morgan fingerprint density at radius 3 is 2.47 bits per heavy atom. The van der Waals surface area contributed by atoms with E-state index in [0.717, 1.165) is 0 Å². The lowest BCUT2D eigenvalue weighted by atomic mass is 9.98. The van der Waals surface area contributed by atoms with Gasteiger partial charge in [-0.2, -0.15) is 0 Å². The van der Waals surface area contributed by atoms with Gasteiger partial charge in [-0.3, -0.25) is 0 Å². The molecule has 1 aromatic rings. The number of carbonyl (C=O) groups excluding carboxylic acids is 1. The molecular formula is C11H12ClFO2. The van der Waals surface area contributed by atoms with Crippen LogP contribution in [0.25, 0.3) is 0 Å². The zero-order chi connectivity index (χ0) is 11.5. The van der Waals surface area contributed by atoms with Crippen molar-refractivity contribution in [3.05, 3.63) is 34.9 Å². The van der Waals surface area contributed by atoms with E-state index in [0.29, 0.717) is 5.02 Å². The van der Waals surface area contributed by atoms with E-state index in [4.69, 9.17) is 11.6 Å². The topological polar surface area (TPSA) is 26.3 Å². The minimum absolute atomic E-state index is 0.159. The van der Waals surface area contributed by atoms with Crippen molar-refractivity contribution in [3.63, 3.8) is 0 Å². The van der Waals surface area contributed by atoms with E-state index >= 15 is 0 Å². The lowest BCUT2D eigenvalue weighted by Crippen LogP contribution is -2.29. The molecule has 0 amide bonds. The molecule has 0 spiro atoms. The summed E-state index contributed by atoms with van der Waals surface area (Å²) in [4.78, 5) is 11.3.